The first-order chi connectivity index (χ1) is 13.4. The van der Waals surface area contributed by atoms with Crippen LogP contribution in [0.4, 0.5) is 4.79 Å². The number of Topliss-reactive ketones (excluding diaryl/α,β-unsaturated/α-hetero) is 2. The summed E-state index contributed by atoms with van der Waals surface area (Å²) >= 11 is 0. The molecular formula is C22H22N2O4. The molecule has 1 aromatic carbocycles. The summed E-state index contributed by atoms with van der Waals surface area (Å²) in [7, 11) is 0. The van der Waals surface area contributed by atoms with Crippen molar-refractivity contribution in [3.8, 4) is 5.75 Å². The van der Waals surface area contributed by atoms with E-state index in [2.05, 4.69) is 4.98 Å². The van der Waals surface area contributed by atoms with Gasteiger partial charge in [0, 0.05) is 41.8 Å². The van der Waals surface area contributed by atoms with Gasteiger partial charge in [-0.25, -0.2) is 4.79 Å². The van der Waals surface area contributed by atoms with Crippen LogP contribution in [0.3, 0.4) is 0 Å². The Morgan fingerprint density at radius 3 is 2.25 bits per heavy atom. The van der Waals surface area contributed by atoms with Crippen molar-refractivity contribution in [3.05, 3.63) is 84.5 Å². The summed E-state index contributed by atoms with van der Waals surface area (Å²) in [6, 6.07) is 12.3. The van der Waals surface area contributed by atoms with Gasteiger partial charge in [0.1, 0.15) is 5.75 Å². The topological polar surface area (TPSA) is 76.6 Å². The number of para-hydroxylation sites is 1. The van der Waals surface area contributed by atoms with Crippen LogP contribution in [0, 0.1) is 5.92 Å². The molecule has 1 amide bonds. The van der Waals surface area contributed by atoms with E-state index >= 15 is 0 Å². The minimum atomic E-state index is -0.534. The molecule has 3 rings (SSSR count). The van der Waals surface area contributed by atoms with Crippen LogP contribution in [0.15, 0.2) is 78.9 Å². The van der Waals surface area contributed by atoms with Crippen LogP contribution in [0.25, 0.3) is 0 Å². The standard InChI is InChI=1S/C15H15NO3.C7H7NO/c1-11-8-9-16(10-14(11)12(2)17)15(18)19-13-6-4-3-5-7-13;1-6(9)7-3-2-4-8-5-7/h3-11H,1-2H3;2-5H,1H3. The molecule has 0 spiro atoms. The fourth-order valence-electron chi connectivity index (χ4n) is 2.37. The van der Waals surface area contributed by atoms with Crippen molar-refractivity contribution < 1.29 is 19.1 Å². The number of ketones is 2. The van der Waals surface area contributed by atoms with Crippen LogP contribution < -0.4 is 4.74 Å². The number of aromatic nitrogens is 1. The third-order valence-corrected chi connectivity index (χ3v) is 3.94. The largest absolute Gasteiger partial charge is 0.423 e. The molecule has 0 fully saturated rings. The summed E-state index contributed by atoms with van der Waals surface area (Å²) in [5.41, 5.74) is 1.25. The first-order valence-electron chi connectivity index (χ1n) is 8.75. The van der Waals surface area contributed by atoms with Gasteiger partial charge in [0.05, 0.1) is 0 Å². The van der Waals surface area contributed by atoms with E-state index < -0.39 is 6.09 Å². The van der Waals surface area contributed by atoms with E-state index in [9.17, 15) is 14.4 Å². The second-order valence-corrected chi connectivity index (χ2v) is 6.16. The van der Waals surface area contributed by atoms with Crippen molar-refractivity contribution in [1.82, 2.24) is 9.88 Å². The maximum Gasteiger partial charge on any atom is 0.423 e. The van der Waals surface area contributed by atoms with Crippen molar-refractivity contribution in [2.45, 2.75) is 20.8 Å². The molecule has 1 aliphatic heterocycles. The summed E-state index contributed by atoms with van der Waals surface area (Å²) < 4.78 is 5.20. The van der Waals surface area contributed by atoms with Crippen LogP contribution in [0.2, 0.25) is 0 Å². The Hall–Kier alpha value is -3.54. The Labute approximate surface area is 164 Å². The molecule has 0 saturated heterocycles. The molecule has 1 atom stereocenters. The van der Waals surface area contributed by atoms with E-state index in [1.807, 2.05) is 13.0 Å². The lowest BCUT2D eigenvalue weighted by molar-refractivity contribution is -0.114. The molecule has 0 N–H and O–H groups in total. The quantitative estimate of drug-likeness (QED) is 0.740. The maximum absolute atomic E-state index is 11.9. The fraction of sp³-hybridized carbons (Fsp3) is 0.182. The molecule has 28 heavy (non-hydrogen) atoms. The number of carbonyl (C=O) groups excluding carboxylic acids is 3. The van der Waals surface area contributed by atoms with Gasteiger partial charge >= 0.3 is 6.09 Å². The van der Waals surface area contributed by atoms with Crippen LogP contribution in [-0.4, -0.2) is 27.5 Å². The molecule has 6 heteroatoms. The fourth-order valence-corrected chi connectivity index (χ4v) is 2.37. The second kappa shape index (κ2) is 9.97. The molecular weight excluding hydrogens is 356 g/mol. The van der Waals surface area contributed by atoms with Crippen LogP contribution >= 0.6 is 0 Å². The lowest BCUT2D eigenvalue weighted by Crippen LogP contribution is -2.28. The van der Waals surface area contributed by atoms with Gasteiger partial charge in [-0.3, -0.25) is 19.5 Å². The van der Waals surface area contributed by atoms with Gasteiger partial charge < -0.3 is 4.74 Å². The highest BCUT2D eigenvalue weighted by atomic mass is 16.6. The van der Waals surface area contributed by atoms with E-state index in [4.69, 9.17) is 4.74 Å². The van der Waals surface area contributed by atoms with Crippen LogP contribution in [-0.2, 0) is 4.79 Å². The Morgan fingerprint density at radius 1 is 1.00 bits per heavy atom. The van der Waals surface area contributed by atoms with Crippen molar-refractivity contribution in [2.24, 2.45) is 5.92 Å². The molecule has 0 aliphatic carbocycles. The molecule has 6 nitrogen and oxygen atoms in total. The number of nitrogens with zero attached hydrogens (tertiary/aromatic N) is 2. The number of benzene rings is 1. The number of allylic oxidation sites excluding steroid dienone is 2. The normalized spacial score (nSPS) is 15.0. The summed E-state index contributed by atoms with van der Waals surface area (Å²) in [6.07, 6.45) is 7.60. The summed E-state index contributed by atoms with van der Waals surface area (Å²) in [5, 5.41) is 0. The number of hydrogen-bond acceptors (Lipinski definition) is 5. The minimum absolute atomic E-state index is 0.0123. The van der Waals surface area contributed by atoms with E-state index in [0.29, 0.717) is 16.9 Å². The first kappa shape index (κ1) is 20.8. The van der Waals surface area contributed by atoms with Crippen LogP contribution in [0.1, 0.15) is 31.1 Å². The predicted octanol–water partition coefficient (Wildman–Crippen LogP) is 4.41. The number of hydrogen-bond donors (Lipinski definition) is 0. The SMILES string of the molecule is CC(=O)C1=CN(C(=O)Oc2ccccc2)C=CC1C.CC(=O)c1cccnc1. The second-order valence-electron chi connectivity index (χ2n) is 6.16. The van der Waals surface area contributed by atoms with Crippen molar-refractivity contribution in [1.29, 1.82) is 0 Å². The van der Waals surface area contributed by atoms with Gasteiger partial charge in [0.2, 0.25) is 0 Å². The molecule has 0 bridgehead atoms. The molecule has 2 heterocycles. The Balaban J connectivity index is 0.000000261. The third kappa shape index (κ3) is 6.02. The van der Waals surface area contributed by atoms with Crippen LogP contribution in [0.5, 0.6) is 5.75 Å². The van der Waals surface area contributed by atoms with Crippen molar-refractivity contribution in [2.75, 3.05) is 0 Å². The number of amides is 1. The van der Waals surface area contributed by atoms with E-state index in [-0.39, 0.29) is 17.5 Å². The number of pyridine rings is 1. The Kier molecular flexibility index (Phi) is 7.39. The lowest BCUT2D eigenvalue weighted by Gasteiger charge is -2.21. The molecule has 0 saturated carbocycles. The highest BCUT2D eigenvalue weighted by molar-refractivity contribution is 5.95. The molecule has 1 aliphatic rings. The van der Waals surface area contributed by atoms with Crippen molar-refractivity contribution >= 4 is 17.7 Å². The van der Waals surface area contributed by atoms with E-state index in [0.717, 1.165) is 0 Å². The number of carbonyl (C=O) groups is 3. The van der Waals surface area contributed by atoms with Gasteiger partial charge in [-0.15, -0.1) is 0 Å². The van der Waals surface area contributed by atoms with E-state index in [1.54, 1.807) is 61.1 Å². The lowest BCUT2D eigenvalue weighted by atomic mass is 9.97. The Bertz CT molecular complexity index is 889. The van der Waals surface area contributed by atoms with Gasteiger partial charge in [0.15, 0.2) is 11.6 Å². The monoisotopic (exact) mass is 378 g/mol. The summed E-state index contributed by atoms with van der Waals surface area (Å²) in [5.74, 6) is 0.494. The highest BCUT2D eigenvalue weighted by Gasteiger charge is 2.20. The zero-order valence-electron chi connectivity index (χ0n) is 16.0. The minimum Gasteiger partial charge on any atom is -0.410 e. The first-order valence-corrected chi connectivity index (χ1v) is 8.75. The average molecular weight is 378 g/mol. The molecule has 1 unspecified atom stereocenters. The van der Waals surface area contributed by atoms with Gasteiger partial charge in [-0.1, -0.05) is 31.2 Å². The number of ether oxygens (including phenoxy) is 1. The molecule has 144 valence electrons. The maximum atomic E-state index is 11.9. The molecule has 0 radical (unpaired) electrons. The summed E-state index contributed by atoms with van der Waals surface area (Å²) in [4.78, 5) is 39.1. The Morgan fingerprint density at radius 2 is 1.71 bits per heavy atom. The molecule has 2 aromatic rings. The van der Waals surface area contributed by atoms with E-state index in [1.165, 1.54) is 24.9 Å². The summed E-state index contributed by atoms with van der Waals surface area (Å²) in [6.45, 7) is 4.92. The third-order valence-electron chi connectivity index (χ3n) is 3.94. The highest BCUT2D eigenvalue weighted by Crippen LogP contribution is 2.21. The predicted molar refractivity (Wildman–Crippen MR) is 106 cm³/mol. The molecule has 1 aromatic heterocycles. The zero-order chi connectivity index (χ0) is 20.5. The zero-order valence-corrected chi connectivity index (χ0v) is 16.0. The van der Waals surface area contributed by atoms with Gasteiger partial charge in [0.25, 0.3) is 0 Å². The number of rotatable bonds is 3. The average Bonchev–Trinajstić information content (AvgIpc) is 2.70. The van der Waals surface area contributed by atoms with Crippen molar-refractivity contribution in [3.63, 3.8) is 0 Å². The smallest absolute Gasteiger partial charge is 0.410 e. The van der Waals surface area contributed by atoms with Gasteiger partial charge in [-0.05, 0) is 38.1 Å². The van der Waals surface area contributed by atoms with Gasteiger partial charge in [-0.2, -0.15) is 0 Å².